The second kappa shape index (κ2) is 12.2. The van der Waals surface area contributed by atoms with Gasteiger partial charge in [0.15, 0.2) is 5.69 Å². The van der Waals surface area contributed by atoms with Crippen LogP contribution in [0.5, 0.6) is 0 Å². The van der Waals surface area contributed by atoms with Crippen molar-refractivity contribution in [2.75, 3.05) is 7.05 Å². The summed E-state index contributed by atoms with van der Waals surface area (Å²) in [4.78, 5) is 19.6. The smallest absolute Gasteiger partial charge is 0.274 e. The fourth-order valence-electron chi connectivity index (χ4n) is 4.22. The minimum absolute atomic E-state index is 0.0729. The zero-order chi connectivity index (χ0) is 26.4. The molecule has 0 aliphatic carbocycles. The number of hydrogen-bond donors (Lipinski definition) is 2. The number of rotatable bonds is 11. The molecule has 0 saturated carbocycles. The van der Waals surface area contributed by atoms with Gasteiger partial charge in [-0.05, 0) is 55.5 Å². The number of benzene rings is 2. The highest BCUT2D eigenvalue weighted by Crippen LogP contribution is 2.30. The number of nitrogens with zero attached hydrogens (tertiary/aromatic N) is 3. The Morgan fingerprint density at radius 1 is 1.08 bits per heavy atom. The zero-order valence-electron chi connectivity index (χ0n) is 21.0. The van der Waals surface area contributed by atoms with E-state index in [0.717, 1.165) is 0 Å². The van der Waals surface area contributed by atoms with E-state index in [0.29, 0.717) is 42.0 Å². The molecule has 2 atom stereocenters. The summed E-state index contributed by atoms with van der Waals surface area (Å²) in [6.45, 7) is 7.95. The van der Waals surface area contributed by atoms with E-state index in [9.17, 15) is 23.8 Å². The predicted octanol–water partition coefficient (Wildman–Crippen LogP) is 4.95. The molecule has 1 radical (unpaired) electrons. The van der Waals surface area contributed by atoms with Crippen LogP contribution in [0.4, 0.5) is 8.78 Å². The van der Waals surface area contributed by atoms with Crippen molar-refractivity contribution in [1.82, 2.24) is 14.5 Å². The van der Waals surface area contributed by atoms with Crippen molar-refractivity contribution in [1.29, 1.82) is 0 Å². The van der Waals surface area contributed by atoms with Crippen LogP contribution in [0, 0.1) is 18.6 Å². The van der Waals surface area contributed by atoms with Crippen LogP contribution < -0.4 is 0 Å². The highest BCUT2D eigenvalue weighted by Gasteiger charge is 2.28. The van der Waals surface area contributed by atoms with Gasteiger partial charge in [-0.3, -0.25) is 4.79 Å². The van der Waals surface area contributed by atoms with Crippen molar-refractivity contribution in [2.45, 2.75) is 64.3 Å². The Labute approximate surface area is 211 Å². The van der Waals surface area contributed by atoms with Crippen molar-refractivity contribution in [3.8, 4) is 11.4 Å². The fourth-order valence-corrected chi connectivity index (χ4v) is 4.22. The van der Waals surface area contributed by atoms with Crippen molar-refractivity contribution >= 4 is 5.91 Å². The zero-order valence-corrected chi connectivity index (χ0v) is 21.0. The van der Waals surface area contributed by atoms with Gasteiger partial charge in [-0.1, -0.05) is 39.0 Å². The highest BCUT2D eigenvalue weighted by atomic mass is 19.1. The molecule has 2 unspecified atom stereocenters. The standard InChI is InChI=1S/C28H34F2N3O3/c1-5-22(34)16-23(35)14-15-33-26(18(2)3)25(31-27(33)19-10-12-21(29)13-11-19)28(36)32(4)17-20-8-6-7-9-24(20)30/h6-13,18,22-23,34-35H,1,5,14-17H2,2-4H3. The van der Waals surface area contributed by atoms with Gasteiger partial charge in [0.05, 0.1) is 17.9 Å². The lowest BCUT2D eigenvalue weighted by atomic mass is 10.0. The third kappa shape index (κ3) is 6.56. The van der Waals surface area contributed by atoms with Crippen molar-refractivity contribution in [3.05, 3.63) is 84.0 Å². The van der Waals surface area contributed by atoms with Gasteiger partial charge < -0.3 is 19.7 Å². The summed E-state index contributed by atoms with van der Waals surface area (Å²) in [5.74, 6) is -0.768. The Morgan fingerprint density at radius 2 is 1.75 bits per heavy atom. The van der Waals surface area contributed by atoms with E-state index in [4.69, 9.17) is 0 Å². The first-order valence-electron chi connectivity index (χ1n) is 12.1. The van der Waals surface area contributed by atoms with Gasteiger partial charge in [-0.2, -0.15) is 0 Å². The lowest BCUT2D eigenvalue weighted by Gasteiger charge is -2.20. The molecule has 3 aromatic rings. The molecule has 36 heavy (non-hydrogen) atoms. The molecule has 0 aliphatic heterocycles. The molecule has 0 spiro atoms. The minimum atomic E-state index is -0.770. The van der Waals surface area contributed by atoms with Gasteiger partial charge in [-0.25, -0.2) is 13.8 Å². The molecular formula is C28H34F2N3O3. The molecule has 1 amide bonds. The number of amides is 1. The molecule has 3 rings (SSSR count). The fraction of sp³-hybridized carbons (Fsp3) is 0.393. The van der Waals surface area contributed by atoms with Gasteiger partial charge in [0.2, 0.25) is 0 Å². The van der Waals surface area contributed by atoms with Crippen LogP contribution in [0.25, 0.3) is 11.4 Å². The first-order valence-corrected chi connectivity index (χ1v) is 12.1. The van der Waals surface area contributed by atoms with E-state index < -0.39 is 18.0 Å². The normalized spacial score (nSPS) is 13.1. The predicted molar refractivity (Wildman–Crippen MR) is 135 cm³/mol. The summed E-state index contributed by atoms with van der Waals surface area (Å²) in [7, 11) is 1.60. The van der Waals surface area contributed by atoms with E-state index in [1.54, 1.807) is 37.4 Å². The van der Waals surface area contributed by atoms with Gasteiger partial charge >= 0.3 is 0 Å². The van der Waals surface area contributed by atoms with E-state index in [1.165, 1.54) is 23.1 Å². The molecule has 1 heterocycles. The lowest BCUT2D eigenvalue weighted by Crippen LogP contribution is -2.28. The van der Waals surface area contributed by atoms with E-state index >= 15 is 0 Å². The van der Waals surface area contributed by atoms with Crippen molar-refractivity contribution in [2.24, 2.45) is 0 Å². The van der Waals surface area contributed by atoms with E-state index in [2.05, 4.69) is 11.9 Å². The summed E-state index contributed by atoms with van der Waals surface area (Å²) in [5, 5.41) is 20.3. The minimum Gasteiger partial charge on any atom is -0.393 e. The van der Waals surface area contributed by atoms with Crippen LogP contribution in [-0.4, -0.2) is 49.8 Å². The molecule has 8 heteroatoms. The third-order valence-electron chi connectivity index (χ3n) is 6.13. The summed E-state index contributed by atoms with van der Waals surface area (Å²) in [6.07, 6.45) is -0.660. The number of aromatic nitrogens is 2. The maximum atomic E-state index is 14.2. The number of carbonyl (C=O) groups is 1. The van der Waals surface area contributed by atoms with Crippen LogP contribution in [0.2, 0.25) is 0 Å². The number of halogens is 2. The lowest BCUT2D eigenvalue weighted by molar-refractivity contribution is 0.0742. The highest BCUT2D eigenvalue weighted by molar-refractivity contribution is 5.94. The second-order valence-corrected chi connectivity index (χ2v) is 9.36. The quantitative estimate of drug-likeness (QED) is 0.392. The largest absolute Gasteiger partial charge is 0.393 e. The van der Waals surface area contributed by atoms with Crippen LogP contribution in [0.3, 0.4) is 0 Å². The molecule has 6 nitrogen and oxygen atoms in total. The van der Waals surface area contributed by atoms with Crippen LogP contribution in [0.1, 0.15) is 60.8 Å². The van der Waals surface area contributed by atoms with Gasteiger partial charge in [-0.15, -0.1) is 0 Å². The maximum Gasteiger partial charge on any atom is 0.274 e. The van der Waals surface area contributed by atoms with Crippen LogP contribution in [-0.2, 0) is 13.1 Å². The molecule has 0 bridgehead atoms. The molecule has 0 saturated heterocycles. The molecule has 193 valence electrons. The molecule has 0 fully saturated rings. The average Bonchev–Trinajstić information content (AvgIpc) is 3.23. The summed E-state index contributed by atoms with van der Waals surface area (Å²) >= 11 is 0. The second-order valence-electron chi connectivity index (χ2n) is 9.36. The van der Waals surface area contributed by atoms with E-state index in [1.807, 2.05) is 18.4 Å². The summed E-state index contributed by atoms with van der Waals surface area (Å²) < 4.78 is 29.7. The van der Waals surface area contributed by atoms with Crippen molar-refractivity contribution in [3.63, 3.8) is 0 Å². The summed E-state index contributed by atoms with van der Waals surface area (Å²) in [5.41, 5.74) is 1.92. The first-order chi connectivity index (χ1) is 17.1. The van der Waals surface area contributed by atoms with Crippen LogP contribution in [0.15, 0.2) is 48.5 Å². The monoisotopic (exact) mass is 498 g/mol. The number of carbonyl (C=O) groups excluding carboxylic acids is 1. The SMILES string of the molecule is [CH2]CC(O)CC(O)CCn1c(-c2ccc(F)cc2)nc(C(=O)N(C)Cc2ccccc2F)c1C(C)C. The number of aliphatic hydroxyl groups is 2. The first kappa shape index (κ1) is 27.5. The van der Waals surface area contributed by atoms with Crippen molar-refractivity contribution < 1.29 is 23.8 Å². The molecule has 2 aromatic carbocycles. The molecule has 2 N–H and O–H groups in total. The maximum absolute atomic E-state index is 14.2. The molecular weight excluding hydrogens is 464 g/mol. The molecule has 1 aromatic heterocycles. The average molecular weight is 499 g/mol. The Morgan fingerprint density at radius 3 is 2.36 bits per heavy atom. The number of imidazole rings is 1. The van der Waals surface area contributed by atoms with Crippen LogP contribution >= 0.6 is 0 Å². The Balaban J connectivity index is 2.00. The van der Waals surface area contributed by atoms with Gasteiger partial charge in [0.1, 0.15) is 17.5 Å². The van der Waals surface area contributed by atoms with E-state index in [-0.39, 0.29) is 36.3 Å². The number of hydrogen-bond acceptors (Lipinski definition) is 4. The van der Waals surface area contributed by atoms with Gasteiger partial charge in [0.25, 0.3) is 5.91 Å². The third-order valence-corrected chi connectivity index (χ3v) is 6.13. The molecule has 0 aliphatic rings. The Kier molecular flexibility index (Phi) is 9.34. The topological polar surface area (TPSA) is 78.6 Å². The summed E-state index contributed by atoms with van der Waals surface area (Å²) in [6, 6.07) is 12.1. The Bertz CT molecular complexity index is 1160. The number of aliphatic hydroxyl groups excluding tert-OH is 2. The van der Waals surface area contributed by atoms with Gasteiger partial charge in [0, 0.05) is 31.3 Å². The Hall–Kier alpha value is -3.10.